The number of carboxylic acid groups (broad SMARTS) is 1. The van der Waals surface area contributed by atoms with Crippen molar-refractivity contribution in [3.8, 4) is 16.9 Å². The van der Waals surface area contributed by atoms with Crippen molar-refractivity contribution in [1.82, 2.24) is 0 Å². The number of aromatic carboxylic acids is 1. The normalized spacial score (nSPS) is 10.3. The van der Waals surface area contributed by atoms with Crippen LogP contribution in [-0.2, 0) is 0 Å². The largest absolute Gasteiger partial charge is 0.497 e. The van der Waals surface area contributed by atoms with Crippen LogP contribution < -0.4 is 4.74 Å². The highest BCUT2D eigenvalue weighted by atomic mass is 32.2. The number of hydrogen-bond donors (Lipinski definition) is 1. The second-order valence-corrected chi connectivity index (χ2v) is 5.55. The molecule has 0 saturated heterocycles. The molecular formula is C16H16O3S. The van der Waals surface area contributed by atoms with Gasteiger partial charge in [0.15, 0.2) is 0 Å². The minimum atomic E-state index is -0.955. The maximum absolute atomic E-state index is 11.1. The highest BCUT2D eigenvalue weighted by Gasteiger charge is 2.09. The zero-order valence-electron chi connectivity index (χ0n) is 11.4. The summed E-state index contributed by atoms with van der Waals surface area (Å²) in [7, 11) is 1.53. The lowest BCUT2D eigenvalue weighted by atomic mass is 10.0. The Bertz CT molecular complexity index is 606. The van der Waals surface area contributed by atoms with E-state index in [-0.39, 0.29) is 5.56 Å². The van der Waals surface area contributed by atoms with Gasteiger partial charge in [-0.2, -0.15) is 0 Å². The summed E-state index contributed by atoms with van der Waals surface area (Å²) in [5, 5.41) is 9.13. The maximum atomic E-state index is 11.1. The van der Waals surface area contributed by atoms with E-state index in [9.17, 15) is 4.79 Å². The van der Waals surface area contributed by atoms with E-state index < -0.39 is 5.97 Å². The second-order valence-electron chi connectivity index (χ2n) is 4.21. The van der Waals surface area contributed by atoms with Gasteiger partial charge in [0.05, 0.1) is 12.7 Å². The fourth-order valence-corrected chi connectivity index (χ4v) is 2.58. The Labute approximate surface area is 122 Å². The van der Waals surface area contributed by atoms with Crippen LogP contribution >= 0.6 is 11.8 Å². The number of thioether (sulfide) groups is 1. The summed E-state index contributed by atoms with van der Waals surface area (Å²) >= 11 is 1.78. The minimum Gasteiger partial charge on any atom is -0.497 e. The van der Waals surface area contributed by atoms with E-state index in [1.165, 1.54) is 18.1 Å². The fourth-order valence-electron chi connectivity index (χ4n) is 1.92. The summed E-state index contributed by atoms with van der Waals surface area (Å²) in [6.45, 7) is 2.11. The molecule has 0 atom stereocenters. The third-order valence-corrected chi connectivity index (χ3v) is 3.78. The van der Waals surface area contributed by atoms with Crippen molar-refractivity contribution in [1.29, 1.82) is 0 Å². The minimum absolute atomic E-state index is 0.228. The van der Waals surface area contributed by atoms with Crippen LogP contribution in [0.15, 0.2) is 47.4 Å². The van der Waals surface area contributed by atoms with Crippen molar-refractivity contribution in [2.24, 2.45) is 0 Å². The molecule has 3 nitrogen and oxygen atoms in total. The number of hydrogen-bond acceptors (Lipinski definition) is 3. The van der Waals surface area contributed by atoms with Crippen molar-refractivity contribution in [3.63, 3.8) is 0 Å². The highest BCUT2D eigenvalue weighted by Crippen LogP contribution is 2.28. The second kappa shape index (κ2) is 6.48. The molecule has 4 heteroatoms. The van der Waals surface area contributed by atoms with E-state index in [4.69, 9.17) is 9.84 Å². The molecule has 0 aliphatic rings. The van der Waals surface area contributed by atoms with Crippen molar-refractivity contribution in [2.75, 3.05) is 12.9 Å². The number of carbonyl (C=O) groups is 1. The van der Waals surface area contributed by atoms with Crippen LogP contribution in [0.4, 0.5) is 0 Å². The monoisotopic (exact) mass is 288 g/mol. The maximum Gasteiger partial charge on any atom is 0.335 e. The molecule has 2 rings (SSSR count). The van der Waals surface area contributed by atoms with Crippen LogP contribution in [0.3, 0.4) is 0 Å². The van der Waals surface area contributed by atoms with Gasteiger partial charge in [0, 0.05) is 4.90 Å². The van der Waals surface area contributed by atoms with Crippen molar-refractivity contribution < 1.29 is 14.6 Å². The standard InChI is InChI=1S/C16H16O3S/c1-3-20-15-6-4-11(5-7-15)12-8-13(16(17)18)10-14(9-12)19-2/h4-10H,3H2,1-2H3,(H,17,18). The van der Waals surface area contributed by atoms with Crippen LogP contribution in [0.25, 0.3) is 11.1 Å². The summed E-state index contributed by atoms with van der Waals surface area (Å²) in [6, 6.07) is 13.1. The Kier molecular flexibility index (Phi) is 4.69. The quantitative estimate of drug-likeness (QED) is 0.839. The molecule has 0 aliphatic heterocycles. The molecule has 0 aliphatic carbocycles. The molecule has 0 spiro atoms. The Hall–Kier alpha value is -1.94. The molecule has 0 heterocycles. The summed E-state index contributed by atoms with van der Waals surface area (Å²) in [4.78, 5) is 12.3. The zero-order chi connectivity index (χ0) is 14.5. The summed E-state index contributed by atoms with van der Waals surface area (Å²) in [5.74, 6) is 0.622. The lowest BCUT2D eigenvalue weighted by molar-refractivity contribution is 0.0696. The van der Waals surface area contributed by atoms with Gasteiger partial charge < -0.3 is 9.84 Å². The van der Waals surface area contributed by atoms with Crippen molar-refractivity contribution in [3.05, 3.63) is 48.0 Å². The van der Waals surface area contributed by atoms with Crippen LogP contribution in [0.2, 0.25) is 0 Å². The highest BCUT2D eigenvalue weighted by molar-refractivity contribution is 7.99. The molecule has 0 radical (unpaired) electrons. The summed E-state index contributed by atoms with van der Waals surface area (Å²) in [5.41, 5.74) is 2.05. The van der Waals surface area contributed by atoms with Gasteiger partial charge in [0.25, 0.3) is 0 Å². The molecule has 0 fully saturated rings. The Morgan fingerprint density at radius 3 is 2.40 bits per heavy atom. The average molecular weight is 288 g/mol. The number of benzene rings is 2. The SMILES string of the molecule is CCSc1ccc(-c2cc(OC)cc(C(=O)O)c2)cc1. The van der Waals surface area contributed by atoms with Crippen LogP contribution in [0, 0.1) is 0 Å². The number of methoxy groups -OCH3 is 1. The smallest absolute Gasteiger partial charge is 0.335 e. The van der Waals surface area contributed by atoms with Gasteiger partial charge in [-0.15, -0.1) is 11.8 Å². The van der Waals surface area contributed by atoms with Crippen LogP contribution in [0.5, 0.6) is 5.75 Å². The molecule has 0 bridgehead atoms. The Morgan fingerprint density at radius 1 is 1.15 bits per heavy atom. The molecule has 20 heavy (non-hydrogen) atoms. The fraction of sp³-hybridized carbons (Fsp3) is 0.188. The Morgan fingerprint density at radius 2 is 1.85 bits per heavy atom. The van der Waals surface area contributed by atoms with Gasteiger partial charge in [-0.25, -0.2) is 4.79 Å². The predicted molar refractivity (Wildman–Crippen MR) is 81.8 cm³/mol. The zero-order valence-corrected chi connectivity index (χ0v) is 12.2. The molecule has 1 N–H and O–H groups in total. The molecule has 0 amide bonds. The first-order chi connectivity index (χ1) is 9.63. The van der Waals surface area contributed by atoms with E-state index in [0.717, 1.165) is 16.9 Å². The van der Waals surface area contributed by atoms with Crippen molar-refractivity contribution >= 4 is 17.7 Å². The van der Waals surface area contributed by atoms with Crippen LogP contribution in [-0.4, -0.2) is 23.9 Å². The van der Waals surface area contributed by atoms with E-state index in [2.05, 4.69) is 6.92 Å². The number of ether oxygens (including phenoxy) is 1. The van der Waals surface area contributed by atoms with Gasteiger partial charge >= 0.3 is 5.97 Å². The predicted octanol–water partition coefficient (Wildman–Crippen LogP) is 4.17. The van der Waals surface area contributed by atoms with Gasteiger partial charge in [-0.1, -0.05) is 19.1 Å². The molecular weight excluding hydrogens is 272 g/mol. The van der Waals surface area contributed by atoms with Gasteiger partial charge in [0.2, 0.25) is 0 Å². The molecule has 0 saturated carbocycles. The molecule has 2 aromatic carbocycles. The first-order valence-corrected chi connectivity index (χ1v) is 7.28. The average Bonchev–Trinajstić information content (AvgIpc) is 2.47. The molecule has 0 unspecified atom stereocenters. The third-order valence-electron chi connectivity index (χ3n) is 2.89. The lowest BCUT2D eigenvalue weighted by Crippen LogP contribution is -1.97. The van der Waals surface area contributed by atoms with Gasteiger partial charge in [-0.3, -0.25) is 0 Å². The van der Waals surface area contributed by atoms with Gasteiger partial charge in [-0.05, 0) is 47.2 Å². The van der Waals surface area contributed by atoms with E-state index in [1.54, 1.807) is 17.8 Å². The lowest BCUT2D eigenvalue weighted by Gasteiger charge is -2.08. The Balaban J connectivity index is 2.40. The third kappa shape index (κ3) is 3.33. The van der Waals surface area contributed by atoms with E-state index in [1.807, 2.05) is 30.3 Å². The first kappa shape index (κ1) is 14.5. The summed E-state index contributed by atoms with van der Waals surface area (Å²) in [6.07, 6.45) is 0. The van der Waals surface area contributed by atoms with E-state index >= 15 is 0 Å². The van der Waals surface area contributed by atoms with Crippen molar-refractivity contribution in [2.45, 2.75) is 11.8 Å². The molecule has 104 valence electrons. The first-order valence-electron chi connectivity index (χ1n) is 6.29. The summed E-state index contributed by atoms with van der Waals surface area (Å²) < 4.78 is 5.16. The van der Waals surface area contributed by atoms with Crippen LogP contribution in [0.1, 0.15) is 17.3 Å². The topological polar surface area (TPSA) is 46.5 Å². The molecule has 2 aromatic rings. The number of carboxylic acids is 1. The van der Waals surface area contributed by atoms with Gasteiger partial charge in [0.1, 0.15) is 5.75 Å². The number of rotatable bonds is 5. The molecule has 0 aromatic heterocycles. The van der Waals surface area contributed by atoms with E-state index in [0.29, 0.717) is 5.75 Å².